The molecule has 2 aromatic rings. The normalized spacial score (nSPS) is 12.4. The Balaban J connectivity index is 2.15. The van der Waals surface area contributed by atoms with Gasteiger partial charge in [0.1, 0.15) is 12.2 Å². The van der Waals surface area contributed by atoms with E-state index in [1.165, 1.54) is 6.33 Å². The Morgan fingerprint density at radius 2 is 2.31 bits per heavy atom. The Morgan fingerprint density at radius 1 is 1.50 bits per heavy atom. The lowest BCUT2D eigenvalue weighted by molar-refractivity contribution is 0.795. The molecule has 1 aromatic carbocycles. The van der Waals surface area contributed by atoms with Crippen LogP contribution >= 0.6 is 15.9 Å². The van der Waals surface area contributed by atoms with Crippen LogP contribution < -0.4 is 11.1 Å². The van der Waals surface area contributed by atoms with Gasteiger partial charge in [-0.1, -0.05) is 0 Å². The molecule has 6 heteroatoms. The monoisotopic (exact) mass is 281 g/mol. The molecule has 84 valence electrons. The lowest BCUT2D eigenvalue weighted by atomic mass is 10.2. The smallest absolute Gasteiger partial charge is 0.146 e. The summed E-state index contributed by atoms with van der Waals surface area (Å²) in [5.41, 5.74) is 7.36. The van der Waals surface area contributed by atoms with Crippen molar-refractivity contribution in [3.63, 3.8) is 0 Å². The lowest BCUT2D eigenvalue weighted by Gasteiger charge is -2.14. The van der Waals surface area contributed by atoms with Crippen LogP contribution in [0.1, 0.15) is 18.8 Å². The first-order valence-electron chi connectivity index (χ1n) is 4.83. The number of nitrogen functional groups attached to an aromatic ring is 1. The lowest BCUT2D eigenvalue weighted by Crippen LogP contribution is -2.09. The molecular formula is C10H12BrN5. The van der Waals surface area contributed by atoms with Crippen molar-refractivity contribution in [3.05, 3.63) is 34.8 Å². The van der Waals surface area contributed by atoms with E-state index in [4.69, 9.17) is 5.73 Å². The van der Waals surface area contributed by atoms with Crippen LogP contribution in [0.4, 0.5) is 11.4 Å². The van der Waals surface area contributed by atoms with Crippen molar-refractivity contribution in [2.75, 3.05) is 11.1 Å². The molecule has 0 saturated carbocycles. The van der Waals surface area contributed by atoms with Gasteiger partial charge in [0, 0.05) is 15.8 Å². The highest BCUT2D eigenvalue weighted by Gasteiger charge is 2.09. The third kappa shape index (κ3) is 2.33. The molecule has 0 bridgehead atoms. The fourth-order valence-electron chi connectivity index (χ4n) is 1.37. The van der Waals surface area contributed by atoms with E-state index in [2.05, 4.69) is 36.4 Å². The average Bonchev–Trinajstić information content (AvgIpc) is 2.75. The minimum Gasteiger partial charge on any atom is -0.399 e. The molecule has 16 heavy (non-hydrogen) atoms. The molecule has 4 N–H and O–H groups in total. The van der Waals surface area contributed by atoms with Gasteiger partial charge in [-0.2, -0.15) is 5.10 Å². The van der Waals surface area contributed by atoms with Gasteiger partial charge < -0.3 is 11.1 Å². The summed E-state index contributed by atoms with van der Waals surface area (Å²) in [5, 5.41) is 9.94. The summed E-state index contributed by atoms with van der Waals surface area (Å²) in [5.74, 6) is 0.795. The van der Waals surface area contributed by atoms with E-state index < -0.39 is 0 Å². The van der Waals surface area contributed by atoms with Crippen molar-refractivity contribution in [1.82, 2.24) is 15.2 Å². The first kappa shape index (κ1) is 10.9. The number of hydrogen-bond donors (Lipinski definition) is 3. The minimum atomic E-state index is 0.0578. The van der Waals surface area contributed by atoms with Gasteiger partial charge in [-0.25, -0.2) is 4.98 Å². The molecule has 1 heterocycles. The summed E-state index contributed by atoms with van der Waals surface area (Å²) >= 11 is 3.45. The predicted molar refractivity (Wildman–Crippen MR) is 67.0 cm³/mol. The summed E-state index contributed by atoms with van der Waals surface area (Å²) < 4.78 is 0.930. The van der Waals surface area contributed by atoms with Crippen molar-refractivity contribution < 1.29 is 0 Å². The second-order valence-electron chi connectivity index (χ2n) is 3.48. The molecule has 5 nitrogen and oxygen atoms in total. The maximum Gasteiger partial charge on any atom is 0.146 e. The molecular weight excluding hydrogens is 270 g/mol. The second kappa shape index (κ2) is 4.52. The summed E-state index contributed by atoms with van der Waals surface area (Å²) in [6.45, 7) is 2.00. The van der Waals surface area contributed by atoms with Crippen LogP contribution in [0.2, 0.25) is 0 Å². The van der Waals surface area contributed by atoms with E-state index in [0.717, 1.165) is 21.7 Å². The first-order chi connectivity index (χ1) is 7.66. The molecule has 0 spiro atoms. The fourth-order valence-corrected chi connectivity index (χ4v) is 1.88. The number of rotatable bonds is 3. The largest absolute Gasteiger partial charge is 0.399 e. The van der Waals surface area contributed by atoms with E-state index in [-0.39, 0.29) is 6.04 Å². The predicted octanol–water partition coefficient (Wildman–Crippen LogP) is 2.32. The maximum atomic E-state index is 5.67. The number of nitrogens with two attached hydrogens (primary N) is 1. The van der Waals surface area contributed by atoms with Crippen LogP contribution in [-0.2, 0) is 0 Å². The Bertz CT molecular complexity index is 468. The van der Waals surface area contributed by atoms with Crippen LogP contribution in [-0.4, -0.2) is 15.2 Å². The minimum absolute atomic E-state index is 0.0578. The molecule has 1 atom stereocenters. The number of nitrogens with one attached hydrogen (secondary N) is 2. The van der Waals surface area contributed by atoms with Gasteiger partial charge >= 0.3 is 0 Å². The molecule has 0 aliphatic carbocycles. The van der Waals surface area contributed by atoms with Gasteiger partial charge in [0.25, 0.3) is 0 Å². The molecule has 0 radical (unpaired) electrons. The third-order valence-electron chi connectivity index (χ3n) is 2.21. The fraction of sp³-hybridized carbons (Fsp3) is 0.200. The molecule has 0 aliphatic heterocycles. The van der Waals surface area contributed by atoms with E-state index in [1.54, 1.807) is 0 Å². The zero-order valence-corrected chi connectivity index (χ0v) is 10.3. The number of nitrogens with zero attached hydrogens (tertiary/aromatic N) is 2. The zero-order chi connectivity index (χ0) is 11.5. The van der Waals surface area contributed by atoms with Crippen molar-refractivity contribution in [2.24, 2.45) is 0 Å². The number of hydrogen-bond acceptors (Lipinski definition) is 4. The van der Waals surface area contributed by atoms with Crippen LogP contribution in [0.15, 0.2) is 29.0 Å². The van der Waals surface area contributed by atoms with Gasteiger partial charge in [0.15, 0.2) is 0 Å². The van der Waals surface area contributed by atoms with Gasteiger partial charge in [0.2, 0.25) is 0 Å². The highest BCUT2D eigenvalue weighted by Crippen LogP contribution is 2.27. The number of H-pyrrole nitrogens is 1. The molecule has 1 unspecified atom stereocenters. The molecule has 1 aromatic heterocycles. The van der Waals surface area contributed by atoms with Crippen molar-refractivity contribution in [1.29, 1.82) is 0 Å². The molecule has 0 saturated heterocycles. The number of anilines is 2. The number of benzene rings is 1. The van der Waals surface area contributed by atoms with E-state index in [1.807, 2.05) is 25.1 Å². The summed E-state index contributed by atoms with van der Waals surface area (Å²) in [6.07, 6.45) is 1.49. The molecule has 2 rings (SSSR count). The Morgan fingerprint density at radius 3 is 2.94 bits per heavy atom. The highest BCUT2D eigenvalue weighted by atomic mass is 79.9. The van der Waals surface area contributed by atoms with Crippen LogP contribution in [0.3, 0.4) is 0 Å². The number of aromatic nitrogens is 3. The first-order valence-corrected chi connectivity index (χ1v) is 5.63. The summed E-state index contributed by atoms with van der Waals surface area (Å²) in [4.78, 5) is 4.09. The van der Waals surface area contributed by atoms with Crippen molar-refractivity contribution in [3.8, 4) is 0 Å². The topological polar surface area (TPSA) is 79.6 Å². The number of aromatic amines is 1. The van der Waals surface area contributed by atoms with Gasteiger partial charge in [-0.3, -0.25) is 5.10 Å². The second-order valence-corrected chi connectivity index (χ2v) is 4.33. The molecule has 0 aliphatic rings. The Kier molecular flexibility index (Phi) is 3.09. The average molecular weight is 282 g/mol. The maximum absolute atomic E-state index is 5.67. The van der Waals surface area contributed by atoms with Crippen LogP contribution in [0.5, 0.6) is 0 Å². The SMILES string of the molecule is CC(Nc1ccc(N)cc1Br)c1ncn[nH]1. The van der Waals surface area contributed by atoms with Crippen LogP contribution in [0, 0.1) is 0 Å². The van der Waals surface area contributed by atoms with Crippen LogP contribution in [0.25, 0.3) is 0 Å². The Hall–Kier alpha value is -1.56. The van der Waals surface area contributed by atoms with E-state index in [0.29, 0.717) is 0 Å². The summed E-state index contributed by atoms with van der Waals surface area (Å²) in [7, 11) is 0. The third-order valence-corrected chi connectivity index (χ3v) is 2.87. The van der Waals surface area contributed by atoms with Gasteiger partial charge in [0.05, 0.1) is 6.04 Å². The van der Waals surface area contributed by atoms with Crippen molar-refractivity contribution >= 4 is 27.3 Å². The Labute approximate surface area is 102 Å². The van der Waals surface area contributed by atoms with Crippen molar-refractivity contribution in [2.45, 2.75) is 13.0 Å². The molecule has 0 fully saturated rings. The van der Waals surface area contributed by atoms with Gasteiger partial charge in [-0.15, -0.1) is 0 Å². The quantitative estimate of drug-likeness (QED) is 0.755. The van der Waals surface area contributed by atoms with E-state index >= 15 is 0 Å². The molecule has 0 amide bonds. The summed E-state index contributed by atoms with van der Waals surface area (Å²) in [6, 6.07) is 5.68. The standard InChI is InChI=1S/C10H12BrN5/c1-6(10-13-5-14-16-10)15-9-3-2-7(12)4-8(9)11/h2-6,15H,12H2,1H3,(H,13,14,16). The van der Waals surface area contributed by atoms with Gasteiger partial charge in [-0.05, 0) is 41.1 Å². The van der Waals surface area contributed by atoms with E-state index in [9.17, 15) is 0 Å². The zero-order valence-electron chi connectivity index (χ0n) is 8.74. The number of halogens is 1. The highest BCUT2D eigenvalue weighted by molar-refractivity contribution is 9.10.